The van der Waals surface area contributed by atoms with Gasteiger partial charge in [-0.1, -0.05) is 11.8 Å². The minimum atomic E-state index is -4.62. The van der Waals surface area contributed by atoms with Gasteiger partial charge in [0, 0.05) is 6.42 Å². The first-order valence-electron chi connectivity index (χ1n) is 4.01. The summed E-state index contributed by atoms with van der Waals surface area (Å²) in [7, 11) is 0. The Hall–Kier alpha value is -0.560. The highest BCUT2D eigenvalue weighted by atomic mass is 32.2. The van der Waals surface area contributed by atoms with Crippen LogP contribution in [0.1, 0.15) is 6.42 Å². The number of alkyl halides is 3. The van der Waals surface area contributed by atoms with E-state index < -0.39 is 11.2 Å². The third-order valence-corrected chi connectivity index (χ3v) is 2.67. The average Bonchev–Trinajstić information content (AvgIpc) is 1.95. The summed E-state index contributed by atoms with van der Waals surface area (Å²) in [6.07, 6.45) is -4.29. The van der Waals surface area contributed by atoms with Crippen LogP contribution in [0.25, 0.3) is 0 Å². The van der Waals surface area contributed by atoms with Gasteiger partial charge >= 0.3 is 6.18 Å². The molecule has 0 unspecified atom stereocenters. The number of thioether (sulfide) groups is 1. The summed E-state index contributed by atoms with van der Waals surface area (Å²) in [6, 6.07) is 0. The summed E-state index contributed by atoms with van der Waals surface area (Å²) in [5, 5.41) is 15.4. The number of rotatable bonds is 2. The van der Waals surface area contributed by atoms with Gasteiger partial charge < -0.3 is 5.32 Å². The fourth-order valence-corrected chi connectivity index (χ4v) is 1.66. The summed E-state index contributed by atoms with van der Waals surface area (Å²) >= 11 is 0.198. The molecule has 0 saturated carbocycles. The standard InChI is InChI=1S/C7H10F3N3S/c8-7(9,10)6(12)14-5(11)1-4-2-13-3-4/h4,11-13H,1-3H2. The molecule has 0 aromatic heterocycles. The van der Waals surface area contributed by atoms with E-state index in [2.05, 4.69) is 5.32 Å². The Kier molecular flexibility index (Phi) is 3.54. The second-order valence-electron chi connectivity index (χ2n) is 3.08. The van der Waals surface area contributed by atoms with E-state index in [9.17, 15) is 13.2 Å². The van der Waals surface area contributed by atoms with Crippen molar-refractivity contribution in [3.05, 3.63) is 0 Å². The van der Waals surface area contributed by atoms with E-state index in [0.717, 1.165) is 13.1 Å². The van der Waals surface area contributed by atoms with E-state index in [1.807, 2.05) is 0 Å². The van der Waals surface area contributed by atoms with Gasteiger partial charge in [-0.05, 0) is 19.0 Å². The van der Waals surface area contributed by atoms with Gasteiger partial charge in [-0.2, -0.15) is 13.2 Å². The SMILES string of the molecule is N=C(CC1CNC1)SC(=N)C(F)(F)F. The second kappa shape index (κ2) is 4.31. The van der Waals surface area contributed by atoms with Gasteiger partial charge in [-0.3, -0.25) is 10.8 Å². The van der Waals surface area contributed by atoms with Crippen LogP contribution in [0.5, 0.6) is 0 Å². The molecule has 0 aromatic rings. The molecule has 0 radical (unpaired) electrons. The molecule has 0 bridgehead atoms. The van der Waals surface area contributed by atoms with E-state index in [1.165, 1.54) is 0 Å². The van der Waals surface area contributed by atoms with Crippen LogP contribution in [-0.2, 0) is 0 Å². The molecule has 1 heterocycles. The Morgan fingerprint density at radius 1 is 1.36 bits per heavy atom. The van der Waals surface area contributed by atoms with Gasteiger partial charge in [0.05, 0.1) is 5.04 Å². The number of hydrogen-bond donors (Lipinski definition) is 3. The zero-order chi connectivity index (χ0) is 10.8. The van der Waals surface area contributed by atoms with Gasteiger partial charge in [0.2, 0.25) is 0 Å². The van der Waals surface area contributed by atoms with Crippen molar-refractivity contribution in [1.82, 2.24) is 5.32 Å². The van der Waals surface area contributed by atoms with Crippen molar-refractivity contribution in [2.75, 3.05) is 13.1 Å². The quantitative estimate of drug-likeness (QED) is 0.496. The van der Waals surface area contributed by atoms with Gasteiger partial charge in [-0.25, -0.2) is 0 Å². The molecule has 0 amide bonds. The molecule has 0 spiro atoms. The van der Waals surface area contributed by atoms with Gasteiger partial charge in [0.15, 0.2) is 5.04 Å². The monoisotopic (exact) mass is 225 g/mol. The second-order valence-corrected chi connectivity index (χ2v) is 4.19. The third-order valence-electron chi connectivity index (χ3n) is 1.82. The van der Waals surface area contributed by atoms with Crippen LogP contribution in [0.2, 0.25) is 0 Å². The fourth-order valence-electron chi connectivity index (χ4n) is 0.978. The molecule has 3 nitrogen and oxygen atoms in total. The Labute approximate surface area is 83.5 Å². The van der Waals surface area contributed by atoms with Crippen molar-refractivity contribution in [3.8, 4) is 0 Å². The highest BCUT2D eigenvalue weighted by Gasteiger charge is 2.36. The largest absolute Gasteiger partial charge is 0.439 e. The normalized spacial score (nSPS) is 17.6. The topological polar surface area (TPSA) is 59.7 Å². The molecule has 1 fully saturated rings. The van der Waals surface area contributed by atoms with Crippen molar-refractivity contribution in [1.29, 1.82) is 10.8 Å². The molecule has 0 aliphatic carbocycles. The maximum Gasteiger partial charge on any atom is 0.439 e. The molecule has 14 heavy (non-hydrogen) atoms. The Bertz CT molecular complexity index is 247. The maximum atomic E-state index is 11.9. The molecule has 3 N–H and O–H groups in total. The number of halogens is 3. The summed E-state index contributed by atoms with van der Waals surface area (Å²) in [4.78, 5) is 0. The fraction of sp³-hybridized carbons (Fsp3) is 0.714. The van der Waals surface area contributed by atoms with Gasteiger partial charge in [0.1, 0.15) is 0 Å². The summed E-state index contributed by atoms with van der Waals surface area (Å²) < 4.78 is 35.7. The third kappa shape index (κ3) is 3.30. The molecule has 1 rings (SSSR count). The van der Waals surface area contributed by atoms with Crippen molar-refractivity contribution >= 4 is 21.8 Å². The highest BCUT2D eigenvalue weighted by Crippen LogP contribution is 2.26. The Balaban J connectivity index is 2.29. The van der Waals surface area contributed by atoms with Crippen LogP contribution in [0.4, 0.5) is 13.2 Å². The Morgan fingerprint density at radius 3 is 2.29 bits per heavy atom. The van der Waals surface area contributed by atoms with E-state index in [0.29, 0.717) is 6.42 Å². The van der Waals surface area contributed by atoms with E-state index in [1.54, 1.807) is 0 Å². The predicted octanol–water partition coefficient (Wildman–Crippen LogP) is 1.85. The summed E-state index contributed by atoms with van der Waals surface area (Å²) in [5.74, 6) is 0.260. The first-order chi connectivity index (χ1) is 6.39. The van der Waals surface area contributed by atoms with Crippen LogP contribution in [0.15, 0.2) is 0 Å². The molecule has 0 atom stereocenters. The molecular weight excluding hydrogens is 215 g/mol. The molecule has 1 aliphatic rings. The maximum absolute atomic E-state index is 11.9. The molecule has 80 valence electrons. The van der Waals surface area contributed by atoms with Crippen LogP contribution >= 0.6 is 11.8 Å². The lowest BCUT2D eigenvalue weighted by Gasteiger charge is -2.26. The molecule has 1 aliphatic heterocycles. The minimum absolute atomic E-state index is 0.0844. The van der Waals surface area contributed by atoms with Gasteiger partial charge in [-0.15, -0.1) is 0 Å². The predicted molar refractivity (Wildman–Crippen MR) is 50.1 cm³/mol. The smallest absolute Gasteiger partial charge is 0.316 e. The lowest BCUT2D eigenvalue weighted by atomic mass is 10.0. The van der Waals surface area contributed by atoms with Crippen molar-refractivity contribution < 1.29 is 13.2 Å². The van der Waals surface area contributed by atoms with Gasteiger partial charge in [0.25, 0.3) is 0 Å². The molecule has 7 heteroatoms. The first kappa shape index (κ1) is 11.5. The molecule has 1 saturated heterocycles. The van der Waals surface area contributed by atoms with E-state index in [4.69, 9.17) is 10.8 Å². The van der Waals surface area contributed by atoms with Crippen LogP contribution in [0, 0.1) is 16.7 Å². The number of nitrogens with one attached hydrogen (secondary N) is 3. The summed E-state index contributed by atoms with van der Waals surface area (Å²) in [6.45, 7) is 1.50. The van der Waals surface area contributed by atoms with Crippen LogP contribution in [0.3, 0.4) is 0 Å². The van der Waals surface area contributed by atoms with Crippen molar-refractivity contribution in [2.45, 2.75) is 12.6 Å². The van der Waals surface area contributed by atoms with Crippen LogP contribution in [-0.4, -0.2) is 29.4 Å². The van der Waals surface area contributed by atoms with Crippen LogP contribution < -0.4 is 5.32 Å². The average molecular weight is 225 g/mol. The minimum Gasteiger partial charge on any atom is -0.316 e. The zero-order valence-electron chi connectivity index (χ0n) is 7.24. The van der Waals surface area contributed by atoms with Crippen molar-refractivity contribution in [2.24, 2.45) is 5.92 Å². The molecule has 0 aromatic carbocycles. The van der Waals surface area contributed by atoms with E-state index >= 15 is 0 Å². The molecular formula is C7H10F3N3S. The lowest BCUT2D eigenvalue weighted by molar-refractivity contribution is -0.0560. The number of hydrogen-bond acceptors (Lipinski definition) is 4. The highest BCUT2D eigenvalue weighted by molar-refractivity contribution is 8.26. The first-order valence-corrected chi connectivity index (χ1v) is 4.83. The Morgan fingerprint density at radius 2 is 1.93 bits per heavy atom. The van der Waals surface area contributed by atoms with Crippen molar-refractivity contribution in [3.63, 3.8) is 0 Å². The van der Waals surface area contributed by atoms with E-state index in [-0.39, 0.29) is 22.7 Å². The summed E-state index contributed by atoms with van der Waals surface area (Å²) in [5.41, 5.74) is 0. The lowest BCUT2D eigenvalue weighted by Crippen LogP contribution is -2.42. The zero-order valence-corrected chi connectivity index (χ0v) is 8.06.